The fourth-order valence-corrected chi connectivity index (χ4v) is 6.21. The third kappa shape index (κ3) is 5.28. The third-order valence-electron chi connectivity index (χ3n) is 7.97. The lowest BCUT2D eigenvalue weighted by molar-refractivity contribution is -0.274. The van der Waals surface area contributed by atoms with Gasteiger partial charge < -0.3 is 24.4 Å². The monoisotopic (exact) mass is 583 g/mol. The molecule has 2 aromatic heterocycles. The maximum atomic E-state index is 13.2. The van der Waals surface area contributed by atoms with Crippen LogP contribution in [0.25, 0.3) is 11.0 Å². The van der Waals surface area contributed by atoms with Crippen LogP contribution in [0.4, 0.5) is 24.5 Å². The molecule has 2 aromatic carbocycles. The Kier molecular flexibility index (Phi) is 6.76. The number of anilines is 2. The number of hydrogen-bond acceptors (Lipinski definition) is 5. The highest BCUT2D eigenvalue weighted by molar-refractivity contribution is 6.31. The molecule has 0 aliphatic carbocycles. The Balaban J connectivity index is 1.02. The molecule has 2 aliphatic rings. The van der Waals surface area contributed by atoms with Crippen molar-refractivity contribution < 1.29 is 22.7 Å². The number of ether oxygens (including phenoxy) is 1. The third-order valence-corrected chi connectivity index (χ3v) is 8.18. The number of carbonyl (C=O) groups excluding carboxylic acids is 1. The highest BCUT2D eigenvalue weighted by atomic mass is 35.5. The summed E-state index contributed by atoms with van der Waals surface area (Å²) >= 11 is 6.17. The summed E-state index contributed by atoms with van der Waals surface area (Å²) in [5.74, 6) is -0.363. The number of aromatic nitrogens is 2. The number of amides is 1. The van der Waals surface area contributed by atoms with Crippen LogP contribution in [0.15, 0.2) is 60.8 Å². The highest BCUT2D eigenvalue weighted by Crippen LogP contribution is 2.44. The molecule has 41 heavy (non-hydrogen) atoms. The van der Waals surface area contributed by atoms with Crippen LogP contribution in [-0.4, -0.2) is 48.0 Å². The van der Waals surface area contributed by atoms with E-state index in [-0.39, 0.29) is 17.1 Å². The molecule has 2 fully saturated rings. The SMILES string of the molecule is CCc1c(C(=O)NCc2ccc(N3CC4(C3)CN(c3ccc(OC(F)(F)F)cc3)C4)cc2)c2cc(Cl)cnc2n1C. The van der Waals surface area contributed by atoms with E-state index in [0.29, 0.717) is 23.6 Å². The van der Waals surface area contributed by atoms with Crippen molar-refractivity contribution in [3.8, 4) is 5.75 Å². The molecular weight excluding hydrogens is 555 g/mol. The van der Waals surface area contributed by atoms with Crippen LogP contribution in [0.5, 0.6) is 5.75 Å². The van der Waals surface area contributed by atoms with Gasteiger partial charge in [-0.05, 0) is 54.4 Å². The number of pyridine rings is 1. The number of hydrogen-bond donors (Lipinski definition) is 1. The second kappa shape index (κ2) is 10.2. The molecule has 0 bridgehead atoms. The lowest BCUT2D eigenvalue weighted by Crippen LogP contribution is -2.72. The zero-order chi connectivity index (χ0) is 28.9. The van der Waals surface area contributed by atoms with E-state index in [9.17, 15) is 18.0 Å². The van der Waals surface area contributed by atoms with Gasteiger partial charge in [0.05, 0.1) is 10.6 Å². The topological polar surface area (TPSA) is 62.6 Å². The first-order valence-corrected chi connectivity index (χ1v) is 13.8. The number of aryl methyl sites for hydroxylation is 1. The van der Waals surface area contributed by atoms with E-state index in [0.717, 1.165) is 59.8 Å². The molecule has 1 spiro atoms. The zero-order valence-electron chi connectivity index (χ0n) is 22.6. The summed E-state index contributed by atoms with van der Waals surface area (Å²) in [6, 6.07) is 16.0. The molecule has 0 radical (unpaired) electrons. The van der Waals surface area contributed by atoms with Gasteiger partial charge in [-0.2, -0.15) is 0 Å². The van der Waals surface area contributed by atoms with Crippen LogP contribution < -0.4 is 19.9 Å². The minimum absolute atomic E-state index is 0.151. The first-order valence-electron chi connectivity index (χ1n) is 13.4. The summed E-state index contributed by atoms with van der Waals surface area (Å²) < 4.78 is 43.1. The van der Waals surface area contributed by atoms with Crippen molar-refractivity contribution in [2.75, 3.05) is 36.0 Å². The molecule has 1 amide bonds. The van der Waals surface area contributed by atoms with E-state index < -0.39 is 6.36 Å². The number of nitrogens with one attached hydrogen (secondary N) is 1. The van der Waals surface area contributed by atoms with E-state index in [2.05, 4.69) is 37.0 Å². The second-order valence-corrected chi connectivity index (χ2v) is 11.3. The Labute approximate surface area is 240 Å². The minimum atomic E-state index is -4.69. The van der Waals surface area contributed by atoms with Gasteiger partial charge in [0, 0.05) is 73.8 Å². The molecule has 214 valence electrons. The van der Waals surface area contributed by atoms with E-state index in [1.807, 2.05) is 30.7 Å². The number of fused-ring (bicyclic) bond motifs is 1. The maximum absolute atomic E-state index is 13.2. The summed E-state index contributed by atoms with van der Waals surface area (Å²) in [7, 11) is 1.91. The fourth-order valence-electron chi connectivity index (χ4n) is 6.05. The van der Waals surface area contributed by atoms with Crippen LogP contribution in [0.1, 0.15) is 28.5 Å². The Hall–Kier alpha value is -3.92. The number of alkyl halides is 3. The maximum Gasteiger partial charge on any atom is 0.573 e. The molecule has 4 aromatic rings. The average Bonchev–Trinajstić information content (AvgIpc) is 3.17. The highest BCUT2D eigenvalue weighted by Gasteiger charge is 2.51. The molecular formula is C30H29ClF3N5O2. The smallest absolute Gasteiger partial charge is 0.406 e. The van der Waals surface area contributed by atoms with Crippen molar-refractivity contribution in [3.63, 3.8) is 0 Å². The Bertz CT molecular complexity index is 1590. The van der Waals surface area contributed by atoms with Crippen molar-refractivity contribution in [2.45, 2.75) is 26.3 Å². The average molecular weight is 584 g/mol. The van der Waals surface area contributed by atoms with Gasteiger partial charge in [0.25, 0.3) is 5.91 Å². The number of carbonyl (C=O) groups is 1. The molecule has 4 heterocycles. The number of rotatable bonds is 7. The molecule has 0 atom stereocenters. The zero-order valence-corrected chi connectivity index (χ0v) is 23.4. The van der Waals surface area contributed by atoms with Gasteiger partial charge in [-0.3, -0.25) is 4.79 Å². The minimum Gasteiger partial charge on any atom is -0.406 e. The quantitative estimate of drug-likeness (QED) is 0.292. The van der Waals surface area contributed by atoms with Crippen LogP contribution in [0.2, 0.25) is 5.02 Å². The summed E-state index contributed by atoms with van der Waals surface area (Å²) in [6.07, 6.45) is -2.40. The second-order valence-electron chi connectivity index (χ2n) is 10.9. The Morgan fingerprint density at radius 3 is 2.17 bits per heavy atom. The Morgan fingerprint density at radius 1 is 1.02 bits per heavy atom. The van der Waals surface area contributed by atoms with Crippen molar-refractivity contribution in [1.82, 2.24) is 14.9 Å². The fraction of sp³-hybridized carbons (Fsp3) is 0.333. The predicted molar refractivity (Wildman–Crippen MR) is 153 cm³/mol. The summed E-state index contributed by atoms with van der Waals surface area (Å²) in [6.45, 7) is 5.99. The molecule has 1 N–H and O–H groups in total. The standard InChI is InChI=1S/C30H29ClF3N5O2/c1-3-25-26(24-12-20(31)14-35-27(24)37(25)2)28(40)36-13-19-4-6-21(7-5-19)38-15-29(16-38)17-39(18-29)22-8-10-23(11-9-22)41-30(32,33)34/h4-12,14H,3,13,15-18H2,1-2H3,(H,36,40). The largest absolute Gasteiger partial charge is 0.573 e. The van der Waals surface area contributed by atoms with E-state index in [1.165, 1.54) is 12.1 Å². The van der Waals surface area contributed by atoms with Crippen molar-refractivity contribution in [1.29, 1.82) is 0 Å². The lowest BCUT2D eigenvalue weighted by Gasteiger charge is -2.61. The molecule has 0 unspecified atom stereocenters. The van der Waals surface area contributed by atoms with Gasteiger partial charge in [-0.15, -0.1) is 13.2 Å². The molecule has 6 rings (SSSR count). The van der Waals surface area contributed by atoms with E-state index >= 15 is 0 Å². The van der Waals surface area contributed by atoms with Gasteiger partial charge >= 0.3 is 6.36 Å². The summed E-state index contributed by atoms with van der Waals surface area (Å²) in [5.41, 5.74) is 5.47. The molecule has 7 nitrogen and oxygen atoms in total. The normalized spacial score (nSPS) is 16.0. The molecule has 2 saturated heterocycles. The number of halogens is 4. The van der Waals surface area contributed by atoms with Crippen molar-refractivity contribution in [3.05, 3.63) is 82.6 Å². The van der Waals surface area contributed by atoms with Crippen LogP contribution in [-0.2, 0) is 20.0 Å². The van der Waals surface area contributed by atoms with E-state index in [1.54, 1.807) is 24.4 Å². The summed E-state index contributed by atoms with van der Waals surface area (Å²) in [4.78, 5) is 22.1. The van der Waals surface area contributed by atoms with Crippen molar-refractivity contribution in [2.24, 2.45) is 12.5 Å². The molecule has 2 aliphatic heterocycles. The Morgan fingerprint density at radius 2 is 1.61 bits per heavy atom. The van der Waals surface area contributed by atoms with Crippen LogP contribution >= 0.6 is 11.6 Å². The van der Waals surface area contributed by atoms with Gasteiger partial charge in [0.1, 0.15) is 11.4 Å². The van der Waals surface area contributed by atoms with Gasteiger partial charge in [0.15, 0.2) is 0 Å². The lowest BCUT2D eigenvalue weighted by atomic mass is 9.72. The number of benzene rings is 2. The predicted octanol–water partition coefficient (Wildman–Crippen LogP) is 5.94. The summed E-state index contributed by atoms with van der Waals surface area (Å²) in [5, 5.41) is 4.29. The first kappa shape index (κ1) is 27.3. The number of nitrogens with zero attached hydrogens (tertiary/aromatic N) is 4. The van der Waals surface area contributed by atoms with Gasteiger partial charge in [-0.25, -0.2) is 4.98 Å². The van der Waals surface area contributed by atoms with Crippen molar-refractivity contribution >= 4 is 39.9 Å². The van der Waals surface area contributed by atoms with Crippen LogP contribution in [0.3, 0.4) is 0 Å². The molecule has 11 heteroatoms. The van der Waals surface area contributed by atoms with Gasteiger partial charge in [-0.1, -0.05) is 30.7 Å². The first-order chi connectivity index (χ1) is 19.5. The van der Waals surface area contributed by atoms with E-state index in [4.69, 9.17) is 11.6 Å². The van der Waals surface area contributed by atoms with Gasteiger partial charge in [0.2, 0.25) is 0 Å². The molecule has 0 saturated carbocycles. The van der Waals surface area contributed by atoms with Crippen LogP contribution in [0, 0.1) is 5.41 Å².